The number of aliphatic hydroxyl groups is 1. The SMILES string of the molecule is CCC[n+]1ccc(OCC=O)cc1.CO.COCC/C(=N/N)NN. The maximum atomic E-state index is 10.0. The summed E-state index contributed by atoms with van der Waals surface area (Å²) in [7, 11) is 2.60. The Morgan fingerprint density at radius 3 is 2.46 bits per heavy atom. The van der Waals surface area contributed by atoms with E-state index in [9.17, 15) is 4.79 Å². The van der Waals surface area contributed by atoms with Gasteiger partial charge < -0.3 is 25.8 Å². The molecule has 138 valence electrons. The molecule has 0 aromatic carbocycles. The van der Waals surface area contributed by atoms with E-state index in [1.54, 1.807) is 7.11 Å². The van der Waals surface area contributed by atoms with Gasteiger partial charge in [-0.05, 0) is 0 Å². The molecule has 0 aliphatic rings. The summed E-state index contributed by atoms with van der Waals surface area (Å²) in [6.45, 7) is 3.83. The Balaban J connectivity index is 0. The van der Waals surface area contributed by atoms with Crippen LogP contribution in [0.2, 0.25) is 0 Å². The molecule has 0 aliphatic carbocycles. The number of hydrazone groups is 1. The lowest BCUT2D eigenvalue weighted by molar-refractivity contribution is -0.697. The first-order chi connectivity index (χ1) is 11.7. The van der Waals surface area contributed by atoms with Crippen LogP contribution in [0.1, 0.15) is 19.8 Å². The third-order valence-corrected chi connectivity index (χ3v) is 2.53. The minimum atomic E-state index is 0.123. The Labute approximate surface area is 143 Å². The average Bonchev–Trinajstić information content (AvgIpc) is 2.64. The van der Waals surface area contributed by atoms with Crippen molar-refractivity contribution in [1.29, 1.82) is 0 Å². The van der Waals surface area contributed by atoms with E-state index in [0.717, 1.165) is 32.1 Å². The topological polar surface area (TPSA) is 136 Å². The van der Waals surface area contributed by atoms with Gasteiger partial charge in [0.2, 0.25) is 0 Å². The van der Waals surface area contributed by atoms with Gasteiger partial charge in [-0.2, -0.15) is 5.10 Å². The molecule has 0 spiro atoms. The maximum Gasteiger partial charge on any atom is 0.172 e. The summed E-state index contributed by atoms with van der Waals surface area (Å²) in [5.74, 6) is 11.2. The van der Waals surface area contributed by atoms with E-state index in [2.05, 4.69) is 22.0 Å². The Bertz CT molecular complexity index is 426. The third kappa shape index (κ3) is 13.4. The summed E-state index contributed by atoms with van der Waals surface area (Å²) in [6, 6.07) is 3.72. The molecule has 0 radical (unpaired) electrons. The molecule has 0 atom stereocenters. The van der Waals surface area contributed by atoms with Crippen LogP contribution >= 0.6 is 0 Å². The first-order valence-electron chi connectivity index (χ1n) is 7.44. The number of aldehydes is 1. The van der Waals surface area contributed by atoms with Gasteiger partial charge in [0.1, 0.15) is 24.7 Å². The number of hydrogen-bond acceptors (Lipinski definition) is 7. The van der Waals surface area contributed by atoms with Crippen LogP contribution in [0, 0.1) is 0 Å². The molecule has 0 fully saturated rings. The number of ether oxygens (including phenoxy) is 2. The van der Waals surface area contributed by atoms with Crippen LogP contribution in [-0.2, 0) is 16.1 Å². The number of carbonyl (C=O) groups is 1. The number of nitrogens with one attached hydrogen (secondary N) is 1. The van der Waals surface area contributed by atoms with Crippen molar-refractivity contribution < 1.29 is 23.9 Å². The fraction of sp³-hybridized carbons (Fsp3) is 0.533. The molecule has 0 saturated heterocycles. The molecule has 0 saturated carbocycles. The first kappa shape index (κ1) is 24.0. The number of aliphatic hydroxyl groups excluding tert-OH is 1. The molecule has 24 heavy (non-hydrogen) atoms. The smallest absolute Gasteiger partial charge is 0.172 e. The Hall–Kier alpha value is -2.23. The van der Waals surface area contributed by atoms with Gasteiger partial charge >= 0.3 is 0 Å². The van der Waals surface area contributed by atoms with Crippen LogP contribution in [0.25, 0.3) is 0 Å². The second kappa shape index (κ2) is 18.8. The molecular formula is C15H30N5O4+. The summed E-state index contributed by atoms with van der Waals surface area (Å²) in [5, 5.41) is 10.3. The Morgan fingerprint density at radius 1 is 1.42 bits per heavy atom. The minimum Gasteiger partial charge on any atom is -0.486 e. The molecule has 1 heterocycles. The molecule has 0 aliphatic heterocycles. The number of pyridine rings is 1. The second-order valence-electron chi connectivity index (χ2n) is 4.21. The lowest BCUT2D eigenvalue weighted by atomic mass is 10.4. The third-order valence-electron chi connectivity index (χ3n) is 2.53. The van der Waals surface area contributed by atoms with Gasteiger partial charge in [0.05, 0.1) is 6.61 Å². The number of hydrogen-bond donors (Lipinski definition) is 4. The predicted molar refractivity (Wildman–Crippen MR) is 92.1 cm³/mol. The highest BCUT2D eigenvalue weighted by molar-refractivity contribution is 5.81. The largest absolute Gasteiger partial charge is 0.486 e. The van der Waals surface area contributed by atoms with Gasteiger partial charge in [0, 0.05) is 39.2 Å². The summed E-state index contributed by atoms with van der Waals surface area (Å²) in [4.78, 5) is 10.0. The van der Waals surface area contributed by atoms with Crippen LogP contribution in [0.5, 0.6) is 5.75 Å². The zero-order chi connectivity index (χ0) is 18.6. The second-order valence-corrected chi connectivity index (χ2v) is 4.21. The average molecular weight is 344 g/mol. The highest BCUT2D eigenvalue weighted by Crippen LogP contribution is 2.04. The minimum absolute atomic E-state index is 0.123. The van der Waals surface area contributed by atoms with E-state index in [0.29, 0.717) is 18.9 Å². The van der Waals surface area contributed by atoms with Gasteiger partial charge in [-0.3, -0.25) is 4.79 Å². The zero-order valence-electron chi connectivity index (χ0n) is 14.6. The lowest BCUT2D eigenvalue weighted by Gasteiger charge is -2.00. The van der Waals surface area contributed by atoms with E-state index in [4.69, 9.17) is 26.3 Å². The van der Waals surface area contributed by atoms with Crippen LogP contribution in [0.4, 0.5) is 0 Å². The zero-order valence-corrected chi connectivity index (χ0v) is 14.6. The standard InChI is InChI=1S/C10H14NO2.C4H12N4O.CH4O/c1-2-5-11-6-3-10(4-7-11)13-9-8-12;1-9-3-2-4(7-5)8-6;1-2/h3-4,6-8H,2,5,9H2,1H3;2-3,5-6H2,1H3,(H,7,8);2H,1H3/q+1;;. The lowest BCUT2D eigenvalue weighted by Crippen LogP contribution is -2.32. The van der Waals surface area contributed by atoms with Crippen molar-refractivity contribution in [3.05, 3.63) is 24.5 Å². The van der Waals surface area contributed by atoms with Crippen molar-refractivity contribution in [3.63, 3.8) is 0 Å². The van der Waals surface area contributed by atoms with E-state index < -0.39 is 0 Å². The van der Waals surface area contributed by atoms with Crippen molar-refractivity contribution in [2.75, 3.05) is 27.4 Å². The molecule has 0 unspecified atom stereocenters. The summed E-state index contributed by atoms with van der Waals surface area (Å²) < 4.78 is 11.9. The van der Waals surface area contributed by atoms with Crippen LogP contribution < -0.4 is 26.4 Å². The normalized spacial score (nSPS) is 9.79. The molecule has 1 aromatic heterocycles. The van der Waals surface area contributed by atoms with Crippen LogP contribution in [0.3, 0.4) is 0 Å². The number of nitrogens with zero attached hydrogens (tertiary/aromatic N) is 2. The number of aryl methyl sites for hydroxylation is 1. The van der Waals surface area contributed by atoms with E-state index in [1.165, 1.54) is 0 Å². The van der Waals surface area contributed by atoms with Crippen molar-refractivity contribution in [2.24, 2.45) is 16.8 Å². The number of amidine groups is 1. The highest BCUT2D eigenvalue weighted by Gasteiger charge is 1.98. The number of carbonyl (C=O) groups excluding carboxylic acids is 1. The van der Waals surface area contributed by atoms with Gasteiger partial charge in [-0.25, -0.2) is 10.4 Å². The summed E-state index contributed by atoms with van der Waals surface area (Å²) in [5.41, 5.74) is 2.33. The molecule has 9 nitrogen and oxygen atoms in total. The van der Waals surface area contributed by atoms with Crippen molar-refractivity contribution in [1.82, 2.24) is 5.43 Å². The maximum absolute atomic E-state index is 10.0. The molecule has 0 amide bonds. The van der Waals surface area contributed by atoms with Gasteiger partial charge in [-0.1, -0.05) is 6.92 Å². The number of aromatic nitrogens is 1. The van der Waals surface area contributed by atoms with Crippen molar-refractivity contribution in [3.8, 4) is 5.75 Å². The quantitative estimate of drug-likeness (QED) is 0.123. The van der Waals surface area contributed by atoms with Crippen LogP contribution in [-0.4, -0.2) is 44.7 Å². The number of rotatable bonds is 8. The molecule has 6 N–H and O–H groups in total. The summed E-state index contributed by atoms with van der Waals surface area (Å²) in [6.07, 6.45) is 6.36. The molecule has 1 rings (SSSR count). The fourth-order valence-corrected chi connectivity index (χ4v) is 1.45. The molecule has 0 bridgehead atoms. The van der Waals surface area contributed by atoms with Crippen molar-refractivity contribution >= 4 is 12.1 Å². The van der Waals surface area contributed by atoms with Crippen LogP contribution in [0.15, 0.2) is 29.6 Å². The molecule has 1 aromatic rings. The van der Waals surface area contributed by atoms with E-state index >= 15 is 0 Å². The van der Waals surface area contributed by atoms with Gasteiger partial charge in [0.25, 0.3) is 0 Å². The molecule has 9 heteroatoms. The monoisotopic (exact) mass is 344 g/mol. The van der Waals surface area contributed by atoms with Crippen molar-refractivity contribution in [2.45, 2.75) is 26.3 Å². The van der Waals surface area contributed by atoms with E-state index in [1.807, 2.05) is 24.5 Å². The fourth-order valence-electron chi connectivity index (χ4n) is 1.45. The Morgan fingerprint density at radius 2 is 2.04 bits per heavy atom. The van der Waals surface area contributed by atoms with E-state index in [-0.39, 0.29) is 6.61 Å². The molecular weight excluding hydrogens is 314 g/mol. The first-order valence-corrected chi connectivity index (χ1v) is 7.44. The van der Waals surface area contributed by atoms with Gasteiger partial charge in [-0.15, -0.1) is 0 Å². The summed E-state index contributed by atoms with van der Waals surface area (Å²) >= 11 is 0. The predicted octanol–water partition coefficient (Wildman–Crippen LogP) is -0.671. The number of hydrazine groups is 1. The number of nitrogens with two attached hydrogens (primary N) is 2. The highest BCUT2D eigenvalue weighted by atomic mass is 16.5. The van der Waals surface area contributed by atoms with Gasteiger partial charge in [0.15, 0.2) is 18.7 Å². The Kier molecular flexibility index (Phi) is 18.8. The number of methoxy groups -OCH3 is 1.